The lowest BCUT2D eigenvalue weighted by atomic mass is 10.1. The molecule has 0 aliphatic heterocycles. The van der Waals surface area contributed by atoms with Gasteiger partial charge in [-0.1, -0.05) is 54.6 Å². The van der Waals surface area contributed by atoms with Crippen LogP contribution in [0.1, 0.15) is 37.4 Å². The fraction of sp³-hybridized carbons (Fsp3) is 0.0968. The van der Waals surface area contributed by atoms with Gasteiger partial charge in [-0.25, -0.2) is 9.59 Å². The fourth-order valence-electron chi connectivity index (χ4n) is 3.61. The van der Waals surface area contributed by atoms with Gasteiger partial charge < -0.3 is 18.9 Å². The van der Waals surface area contributed by atoms with Crippen LogP contribution in [0.4, 0.5) is 0 Å². The minimum Gasteiger partial charge on any atom is -0.497 e. The lowest BCUT2D eigenvalue weighted by molar-refractivity contribution is 0.0706. The monoisotopic (exact) mass is 494 g/mol. The Bertz CT molecular complexity index is 1410. The highest BCUT2D eigenvalue weighted by molar-refractivity contribution is 5.97. The highest BCUT2D eigenvalue weighted by atomic mass is 16.5. The molecule has 6 nitrogen and oxygen atoms in total. The van der Waals surface area contributed by atoms with Gasteiger partial charge in [0, 0.05) is 6.07 Å². The molecule has 0 heterocycles. The number of methoxy groups -OCH3 is 2. The van der Waals surface area contributed by atoms with Crippen molar-refractivity contribution in [3.05, 3.63) is 119 Å². The molecular formula is C31H26O6. The van der Waals surface area contributed by atoms with E-state index in [9.17, 15) is 9.59 Å². The lowest BCUT2D eigenvalue weighted by Gasteiger charge is -2.11. The molecule has 4 aromatic carbocycles. The molecule has 0 bridgehead atoms. The first kappa shape index (κ1) is 25.3. The largest absolute Gasteiger partial charge is 0.497 e. The van der Waals surface area contributed by atoms with E-state index in [2.05, 4.69) is 0 Å². The summed E-state index contributed by atoms with van der Waals surface area (Å²) in [4.78, 5) is 25.5. The average molecular weight is 495 g/mol. The molecule has 0 radical (unpaired) electrons. The van der Waals surface area contributed by atoms with Crippen molar-refractivity contribution in [2.75, 3.05) is 14.2 Å². The number of ether oxygens (including phenoxy) is 4. The molecule has 0 aliphatic carbocycles. The van der Waals surface area contributed by atoms with Crippen molar-refractivity contribution >= 4 is 24.1 Å². The van der Waals surface area contributed by atoms with Crippen LogP contribution >= 0.6 is 0 Å². The van der Waals surface area contributed by atoms with E-state index in [4.69, 9.17) is 18.9 Å². The van der Waals surface area contributed by atoms with Gasteiger partial charge in [0.25, 0.3) is 0 Å². The molecule has 0 atom stereocenters. The van der Waals surface area contributed by atoms with Gasteiger partial charge in [0.05, 0.1) is 19.8 Å². The van der Waals surface area contributed by atoms with Crippen molar-refractivity contribution in [3.63, 3.8) is 0 Å². The number of carbonyl (C=O) groups excluding carboxylic acids is 2. The highest BCUT2D eigenvalue weighted by Gasteiger charge is 2.18. The maximum Gasteiger partial charge on any atom is 0.347 e. The molecule has 4 rings (SSSR count). The van der Waals surface area contributed by atoms with E-state index in [1.165, 1.54) is 0 Å². The van der Waals surface area contributed by atoms with Crippen LogP contribution in [0.3, 0.4) is 0 Å². The standard InChI is InChI=1S/C31H26O6/c1-21-8-4-5-9-27(21)30(32)37-29-11-7-6-10-28(29)31(33)36-24-16-14-22(15-17-24)12-13-23-18-25(34-2)20-26(19-23)35-3/h4-20H,1-3H3/b13-12+. The van der Waals surface area contributed by atoms with E-state index < -0.39 is 11.9 Å². The van der Waals surface area contributed by atoms with Crippen LogP contribution in [0.25, 0.3) is 12.2 Å². The zero-order valence-electron chi connectivity index (χ0n) is 20.8. The SMILES string of the molecule is COc1cc(/C=C/c2ccc(OC(=O)c3ccccc3OC(=O)c3ccccc3C)cc2)cc(OC)c1. The summed E-state index contributed by atoms with van der Waals surface area (Å²) in [6.45, 7) is 1.82. The van der Waals surface area contributed by atoms with Crippen LogP contribution in [0.5, 0.6) is 23.0 Å². The third-order valence-corrected chi connectivity index (χ3v) is 5.61. The molecule has 6 heteroatoms. The van der Waals surface area contributed by atoms with E-state index in [0.717, 1.165) is 16.7 Å². The Morgan fingerprint density at radius 3 is 1.81 bits per heavy atom. The summed E-state index contributed by atoms with van der Waals surface area (Å²) < 4.78 is 21.7. The Labute approximate surface area is 215 Å². The predicted octanol–water partition coefficient (Wildman–Crippen LogP) is 6.62. The van der Waals surface area contributed by atoms with Crippen LogP contribution in [0.2, 0.25) is 0 Å². The third kappa shape index (κ3) is 6.44. The van der Waals surface area contributed by atoms with Gasteiger partial charge in [-0.2, -0.15) is 0 Å². The van der Waals surface area contributed by atoms with E-state index in [1.54, 1.807) is 62.8 Å². The Morgan fingerprint density at radius 1 is 0.595 bits per heavy atom. The molecule has 0 saturated carbocycles. The number of esters is 2. The zero-order valence-corrected chi connectivity index (χ0v) is 20.8. The van der Waals surface area contributed by atoms with E-state index in [1.807, 2.05) is 61.5 Å². The number of carbonyl (C=O) groups is 2. The second-order valence-electron chi connectivity index (χ2n) is 8.14. The highest BCUT2D eigenvalue weighted by Crippen LogP contribution is 2.25. The zero-order chi connectivity index (χ0) is 26.2. The van der Waals surface area contributed by atoms with Crippen molar-refractivity contribution in [2.24, 2.45) is 0 Å². The van der Waals surface area contributed by atoms with Crippen molar-refractivity contribution < 1.29 is 28.5 Å². The maximum atomic E-state index is 12.9. The van der Waals surface area contributed by atoms with Gasteiger partial charge in [0.1, 0.15) is 28.6 Å². The molecule has 0 spiro atoms. The molecule has 4 aromatic rings. The second kappa shape index (κ2) is 11.7. The molecule has 0 saturated heterocycles. The summed E-state index contributed by atoms with van der Waals surface area (Å²) >= 11 is 0. The number of benzene rings is 4. The topological polar surface area (TPSA) is 71.1 Å². The Balaban J connectivity index is 1.45. The summed E-state index contributed by atoms with van der Waals surface area (Å²) in [6.07, 6.45) is 3.87. The molecule has 0 amide bonds. The second-order valence-corrected chi connectivity index (χ2v) is 8.14. The van der Waals surface area contributed by atoms with E-state index >= 15 is 0 Å². The summed E-state index contributed by atoms with van der Waals surface area (Å²) in [5.74, 6) is 0.736. The van der Waals surface area contributed by atoms with Crippen LogP contribution in [-0.2, 0) is 0 Å². The normalized spacial score (nSPS) is 10.7. The number of para-hydroxylation sites is 1. The first-order chi connectivity index (χ1) is 18.0. The van der Waals surface area contributed by atoms with Crippen LogP contribution in [-0.4, -0.2) is 26.2 Å². The number of hydrogen-bond donors (Lipinski definition) is 0. The Kier molecular flexibility index (Phi) is 8.01. The maximum absolute atomic E-state index is 12.9. The van der Waals surface area contributed by atoms with Crippen LogP contribution in [0, 0.1) is 6.92 Å². The van der Waals surface area contributed by atoms with Crippen molar-refractivity contribution in [1.29, 1.82) is 0 Å². The fourth-order valence-corrected chi connectivity index (χ4v) is 3.61. The summed E-state index contributed by atoms with van der Waals surface area (Å²) in [5, 5.41) is 0. The summed E-state index contributed by atoms with van der Waals surface area (Å²) in [5.41, 5.74) is 3.20. The van der Waals surface area contributed by atoms with Crippen LogP contribution in [0.15, 0.2) is 91.0 Å². The minimum absolute atomic E-state index is 0.133. The van der Waals surface area contributed by atoms with E-state index in [0.29, 0.717) is 22.8 Å². The molecule has 0 N–H and O–H groups in total. The average Bonchev–Trinajstić information content (AvgIpc) is 2.92. The first-order valence-corrected chi connectivity index (χ1v) is 11.6. The summed E-state index contributed by atoms with van der Waals surface area (Å²) in [7, 11) is 3.21. The van der Waals surface area contributed by atoms with Gasteiger partial charge in [-0.05, 0) is 66.1 Å². The Hall–Kier alpha value is -4.84. The Morgan fingerprint density at radius 2 is 1.16 bits per heavy atom. The molecule has 0 aromatic heterocycles. The molecule has 0 fully saturated rings. The third-order valence-electron chi connectivity index (χ3n) is 5.61. The number of hydrogen-bond acceptors (Lipinski definition) is 6. The van der Waals surface area contributed by atoms with Gasteiger partial charge in [0.2, 0.25) is 0 Å². The van der Waals surface area contributed by atoms with Gasteiger partial charge in [0.15, 0.2) is 0 Å². The summed E-state index contributed by atoms with van der Waals surface area (Å²) in [6, 6.07) is 26.3. The molecule has 0 unspecified atom stereocenters. The van der Waals surface area contributed by atoms with Crippen molar-refractivity contribution in [3.8, 4) is 23.0 Å². The van der Waals surface area contributed by atoms with Gasteiger partial charge >= 0.3 is 11.9 Å². The molecule has 37 heavy (non-hydrogen) atoms. The predicted molar refractivity (Wildman–Crippen MR) is 142 cm³/mol. The molecular weight excluding hydrogens is 468 g/mol. The van der Waals surface area contributed by atoms with Gasteiger partial charge in [-0.3, -0.25) is 0 Å². The quantitative estimate of drug-likeness (QED) is 0.156. The lowest BCUT2D eigenvalue weighted by Crippen LogP contribution is -2.15. The number of rotatable bonds is 8. The molecule has 0 aliphatic rings. The van der Waals surface area contributed by atoms with E-state index in [-0.39, 0.29) is 11.3 Å². The minimum atomic E-state index is -0.625. The van der Waals surface area contributed by atoms with Crippen LogP contribution < -0.4 is 18.9 Å². The first-order valence-electron chi connectivity index (χ1n) is 11.6. The van der Waals surface area contributed by atoms with Crippen molar-refractivity contribution in [1.82, 2.24) is 0 Å². The number of aryl methyl sites for hydroxylation is 1. The molecule has 186 valence electrons. The van der Waals surface area contributed by atoms with Gasteiger partial charge in [-0.15, -0.1) is 0 Å². The van der Waals surface area contributed by atoms with Crippen molar-refractivity contribution in [2.45, 2.75) is 6.92 Å². The smallest absolute Gasteiger partial charge is 0.347 e.